The lowest BCUT2D eigenvalue weighted by molar-refractivity contribution is -0.116. The van der Waals surface area contributed by atoms with Gasteiger partial charge in [-0.15, -0.1) is 5.10 Å². The molecule has 7 heteroatoms. The lowest BCUT2D eigenvalue weighted by Crippen LogP contribution is -2.47. The summed E-state index contributed by atoms with van der Waals surface area (Å²) in [6.07, 6.45) is 3.38. The minimum Gasteiger partial charge on any atom is -0.414 e. The molecule has 1 atom stereocenters. The van der Waals surface area contributed by atoms with Gasteiger partial charge >= 0.3 is 0 Å². The van der Waals surface area contributed by atoms with Gasteiger partial charge in [0.05, 0.1) is 25.9 Å². The summed E-state index contributed by atoms with van der Waals surface area (Å²) in [5.41, 5.74) is 0. The smallest absolute Gasteiger partial charge is 0.288 e. The van der Waals surface area contributed by atoms with E-state index in [1.54, 1.807) is 4.68 Å². The third kappa shape index (κ3) is 3.36. The normalized spacial score (nSPS) is 25.0. The lowest BCUT2D eigenvalue weighted by atomic mass is 10.0. The predicted octanol–water partition coefficient (Wildman–Crippen LogP) is 2.51. The molecule has 1 aromatic rings. The number of hydrogen-bond acceptors (Lipinski definition) is 6. The quantitative estimate of drug-likeness (QED) is 0.796. The van der Waals surface area contributed by atoms with Gasteiger partial charge in [0.25, 0.3) is 4.84 Å². The monoisotopic (exact) mass is 313 g/mol. The van der Waals surface area contributed by atoms with Gasteiger partial charge in [0.2, 0.25) is 5.89 Å². The van der Waals surface area contributed by atoms with Gasteiger partial charge in [-0.2, -0.15) is 0 Å². The van der Waals surface area contributed by atoms with Crippen LogP contribution in [0.3, 0.4) is 0 Å². The zero-order chi connectivity index (χ0) is 14.8. The molecule has 2 aliphatic rings. The molecule has 0 spiro atoms. The van der Waals surface area contributed by atoms with Crippen LogP contribution in [0, 0.1) is 4.84 Å². The predicted molar refractivity (Wildman–Crippen MR) is 79.5 cm³/mol. The van der Waals surface area contributed by atoms with Crippen LogP contribution in [0.25, 0.3) is 0 Å². The topological polar surface area (TPSA) is 52.7 Å². The molecule has 2 aliphatic heterocycles. The number of rotatable bonds is 4. The average molecular weight is 313 g/mol. The average Bonchev–Trinajstić information content (AvgIpc) is 3.10. The summed E-state index contributed by atoms with van der Waals surface area (Å²) in [6.45, 7) is 7.14. The van der Waals surface area contributed by atoms with Crippen molar-refractivity contribution in [3.8, 4) is 0 Å². The maximum atomic E-state index is 5.69. The van der Waals surface area contributed by atoms with Gasteiger partial charge in [0.1, 0.15) is 0 Å². The highest BCUT2D eigenvalue weighted by atomic mass is 32.1. The van der Waals surface area contributed by atoms with Crippen LogP contribution in [-0.2, 0) is 16.1 Å². The Morgan fingerprint density at radius 1 is 1.29 bits per heavy atom. The van der Waals surface area contributed by atoms with Gasteiger partial charge in [-0.05, 0) is 25.1 Å². The van der Waals surface area contributed by atoms with Crippen molar-refractivity contribution in [3.05, 3.63) is 10.7 Å². The van der Waals surface area contributed by atoms with Gasteiger partial charge in [0, 0.05) is 12.5 Å². The lowest BCUT2D eigenvalue weighted by Gasteiger charge is -2.37. The molecule has 118 valence electrons. The molecule has 0 saturated carbocycles. The van der Waals surface area contributed by atoms with Crippen molar-refractivity contribution >= 4 is 12.2 Å². The van der Waals surface area contributed by atoms with E-state index in [9.17, 15) is 0 Å². The highest BCUT2D eigenvalue weighted by molar-refractivity contribution is 7.71. The Morgan fingerprint density at radius 3 is 2.71 bits per heavy atom. The van der Waals surface area contributed by atoms with Crippen molar-refractivity contribution < 1.29 is 13.9 Å². The van der Waals surface area contributed by atoms with Crippen LogP contribution in [0.5, 0.6) is 0 Å². The van der Waals surface area contributed by atoms with Crippen molar-refractivity contribution in [1.82, 2.24) is 14.7 Å². The van der Waals surface area contributed by atoms with E-state index in [-0.39, 0.29) is 18.2 Å². The molecule has 0 aromatic carbocycles. The van der Waals surface area contributed by atoms with Gasteiger partial charge in [0.15, 0.2) is 6.29 Å². The van der Waals surface area contributed by atoms with E-state index in [0.29, 0.717) is 30.6 Å². The van der Waals surface area contributed by atoms with E-state index in [0.717, 1.165) is 13.0 Å². The van der Waals surface area contributed by atoms with Crippen LogP contribution in [0.4, 0.5) is 0 Å². The molecular formula is C14H23N3O3S. The van der Waals surface area contributed by atoms with Gasteiger partial charge in [-0.3, -0.25) is 4.90 Å². The first-order chi connectivity index (χ1) is 10.1. The van der Waals surface area contributed by atoms with Crippen molar-refractivity contribution in [3.63, 3.8) is 0 Å². The third-order valence-electron chi connectivity index (χ3n) is 4.06. The van der Waals surface area contributed by atoms with Crippen molar-refractivity contribution in [2.24, 2.45) is 0 Å². The summed E-state index contributed by atoms with van der Waals surface area (Å²) in [4.78, 5) is 2.79. The Labute approximate surface area is 130 Å². The molecule has 2 fully saturated rings. The van der Waals surface area contributed by atoms with Crippen molar-refractivity contribution in [2.75, 3.05) is 19.8 Å². The van der Waals surface area contributed by atoms with Gasteiger partial charge in [-0.1, -0.05) is 20.3 Å². The fraction of sp³-hybridized carbons (Fsp3) is 0.857. The molecule has 0 unspecified atom stereocenters. The minimum absolute atomic E-state index is 0.115. The zero-order valence-electron chi connectivity index (χ0n) is 12.7. The molecule has 0 N–H and O–H groups in total. The second kappa shape index (κ2) is 6.56. The number of likely N-dealkylation sites (tertiary alicyclic amines) is 1. The molecule has 2 saturated heterocycles. The summed E-state index contributed by atoms with van der Waals surface area (Å²) >= 11 is 5.28. The second-order valence-corrected chi connectivity index (χ2v) is 6.34. The van der Waals surface area contributed by atoms with Crippen LogP contribution in [0.15, 0.2) is 4.42 Å². The molecule has 3 heterocycles. The van der Waals surface area contributed by atoms with Crippen molar-refractivity contribution in [2.45, 2.75) is 58.0 Å². The molecule has 3 rings (SSSR count). The first kappa shape index (κ1) is 15.1. The molecular weight excluding hydrogens is 290 g/mol. The summed E-state index contributed by atoms with van der Waals surface area (Å²) in [7, 11) is 0. The summed E-state index contributed by atoms with van der Waals surface area (Å²) in [5.74, 6) is 0.938. The van der Waals surface area contributed by atoms with Crippen LogP contribution in [0.1, 0.15) is 44.9 Å². The van der Waals surface area contributed by atoms with Gasteiger partial charge < -0.3 is 13.9 Å². The maximum Gasteiger partial charge on any atom is 0.288 e. The van der Waals surface area contributed by atoms with Crippen molar-refractivity contribution in [1.29, 1.82) is 0 Å². The van der Waals surface area contributed by atoms with E-state index < -0.39 is 0 Å². The SMILES string of the molecule is CC(C)c1nn(CN2CCCC[C@H]2C2OCCO2)c(=S)o1. The standard InChI is InChI=1S/C14H23N3O3S/c1-10(2)12-15-17(14(21)20-12)9-16-6-4-3-5-11(16)13-18-7-8-19-13/h10-11,13H,3-9H2,1-2H3/t11-/m0/s1. The Morgan fingerprint density at radius 2 is 2.05 bits per heavy atom. The number of aromatic nitrogens is 2. The fourth-order valence-corrected chi connectivity index (χ4v) is 3.10. The summed E-state index contributed by atoms with van der Waals surface area (Å²) in [5, 5.41) is 4.49. The number of piperidine rings is 1. The minimum atomic E-state index is -0.115. The molecule has 0 amide bonds. The first-order valence-corrected chi connectivity index (χ1v) is 8.11. The second-order valence-electron chi connectivity index (χ2n) is 5.99. The zero-order valence-corrected chi connectivity index (χ0v) is 13.5. The van der Waals surface area contributed by atoms with Gasteiger partial charge in [-0.25, -0.2) is 4.68 Å². The van der Waals surface area contributed by atoms with E-state index in [1.165, 1.54) is 12.8 Å². The van der Waals surface area contributed by atoms with E-state index in [2.05, 4.69) is 23.8 Å². The molecule has 6 nitrogen and oxygen atoms in total. The largest absolute Gasteiger partial charge is 0.414 e. The van der Waals surface area contributed by atoms with E-state index in [4.69, 9.17) is 26.1 Å². The molecule has 21 heavy (non-hydrogen) atoms. The highest BCUT2D eigenvalue weighted by Crippen LogP contribution is 2.25. The van der Waals surface area contributed by atoms with E-state index >= 15 is 0 Å². The highest BCUT2D eigenvalue weighted by Gasteiger charge is 2.34. The van der Waals surface area contributed by atoms with Crippen LogP contribution in [0.2, 0.25) is 0 Å². The molecule has 1 aromatic heterocycles. The Hall–Kier alpha value is -0.760. The van der Waals surface area contributed by atoms with Crippen LogP contribution in [-0.4, -0.2) is 46.8 Å². The molecule has 0 radical (unpaired) electrons. The first-order valence-electron chi connectivity index (χ1n) is 7.70. The Kier molecular flexibility index (Phi) is 4.73. The fourth-order valence-electron chi connectivity index (χ4n) is 2.92. The van der Waals surface area contributed by atoms with Crippen LogP contribution >= 0.6 is 12.2 Å². The number of ether oxygens (including phenoxy) is 2. The van der Waals surface area contributed by atoms with Crippen LogP contribution < -0.4 is 0 Å². The number of nitrogens with zero attached hydrogens (tertiary/aromatic N) is 3. The molecule has 0 aliphatic carbocycles. The summed E-state index contributed by atoms with van der Waals surface area (Å²) in [6, 6.07) is 0.280. The number of hydrogen-bond donors (Lipinski definition) is 0. The Bertz CT molecular complexity index is 522. The summed E-state index contributed by atoms with van der Waals surface area (Å²) < 4.78 is 18.7. The molecule has 0 bridgehead atoms. The van der Waals surface area contributed by atoms with E-state index in [1.807, 2.05) is 0 Å². The maximum absolute atomic E-state index is 5.69. The Balaban J connectivity index is 1.73. The third-order valence-corrected chi connectivity index (χ3v) is 4.35.